The molecule has 1 unspecified atom stereocenters. The molecule has 0 bridgehead atoms. The highest BCUT2D eigenvalue weighted by Crippen LogP contribution is 2.32. The molecule has 29 heavy (non-hydrogen) atoms. The summed E-state index contributed by atoms with van der Waals surface area (Å²) in [4.78, 5) is 53.2. The molecule has 152 valence electrons. The van der Waals surface area contributed by atoms with Crippen LogP contribution in [0.25, 0.3) is 0 Å². The topological polar surface area (TPSA) is 98.8 Å². The molecule has 3 saturated heterocycles. The van der Waals surface area contributed by atoms with E-state index in [1.54, 1.807) is 12.1 Å². The summed E-state index contributed by atoms with van der Waals surface area (Å²) in [5.41, 5.74) is 1.60. The fraction of sp³-hybridized carbons (Fsp3) is 0.524. The van der Waals surface area contributed by atoms with Crippen molar-refractivity contribution in [1.29, 1.82) is 0 Å². The first-order valence-electron chi connectivity index (χ1n) is 10.3. The normalized spacial score (nSPS) is 29.8. The van der Waals surface area contributed by atoms with Crippen LogP contribution in [0.3, 0.4) is 0 Å². The highest BCUT2D eigenvalue weighted by molar-refractivity contribution is 6.24. The molecule has 4 amide bonds. The Balaban J connectivity index is 1.39. The molecule has 2 N–H and O–H groups in total. The van der Waals surface area contributed by atoms with Crippen molar-refractivity contribution in [2.75, 3.05) is 19.6 Å². The van der Waals surface area contributed by atoms with Crippen LogP contribution < -0.4 is 10.6 Å². The molecule has 1 aromatic carbocycles. The second-order valence-corrected chi connectivity index (χ2v) is 8.42. The largest absolute Gasteiger partial charge is 0.314 e. The van der Waals surface area contributed by atoms with E-state index >= 15 is 0 Å². The highest BCUT2D eigenvalue weighted by atomic mass is 16.2. The molecule has 0 radical (unpaired) electrons. The van der Waals surface area contributed by atoms with Crippen molar-refractivity contribution in [3.63, 3.8) is 0 Å². The monoisotopic (exact) mass is 396 g/mol. The number of fused-ring (bicyclic) bond motifs is 2. The summed E-state index contributed by atoms with van der Waals surface area (Å²) < 4.78 is 0. The number of piperidine rings is 2. The Hall–Kier alpha value is -2.58. The second-order valence-electron chi connectivity index (χ2n) is 8.42. The molecule has 0 aliphatic carbocycles. The zero-order valence-electron chi connectivity index (χ0n) is 16.1. The molecule has 8 nitrogen and oxygen atoms in total. The minimum atomic E-state index is -0.923. The van der Waals surface area contributed by atoms with Crippen molar-refractivity contribution in [3.05, 3.63) is 34.9 Å². The molecule has 4 aliphatic heterocycles. The summed E-state index contributed by atoms with van der Waals surface area (Å²) in [5, 5.41) is 5.79. The van der Waals surface area contributed by atoms with Gasteiger partial charge >= 0.3 is 0 Å². The van der Waals surface area contributed by atoms with Gasteiger partial charge in [-0.1, -0.05) is 12.1 Å². The molecule has 8 heteroatoms. The van der Waals surface area contributed by atoms with Crippen molar-refractivity contribution in [2.24, 2.45) is 5.92 Å². The maximum absolute atomic E-state index is 13.2. The van der Waals surface area contributed by atoms with Gasteiger partial charge in [0.25, 0.3) is 11.8 Å². The summed E-state index contributed by atoms with van der Waals surface area (Å²) in [6.45, 7) is 3.63. The minimum Gasteiger partial charge on any atom is -0.314 e. The first-order valence-corrected chi connectivity index (χ1v) is 10.3. The molecule has 4 aliphatic rings. The van der Waals surface area contributed by atoms with Gasteiger partial charge in [0, 0.05) is 25.6 Å². The van der Waals surface area contributed by atoms with Crippen LogP contribution in [0.4, 0.5) is 0 Å². The Kier molecular flexibility index (Phi) is 4.48. The summed E-state index contributed by atoms with van der Waals surface area (Å²) in [5.74, 6) is -1.17. The van der Waals surface area contributed by atoms with Gasteiger partial charge in [-0.25, -0.2) is 0 Å². The maximum Gasteiger partial charge on any atom is 0.262 e. The van der Waals surface area contributed by atoms with Crippen LogP contribution in [0, 0.1) is 5.92 Å². The van der Waals surface area contributed by atoms with Crippen molar-refractivity contribution in [2.45, 2.75) is 44.3 Å². The standard InChI is InChI=1S/C21H24N4O4/c26-17-5-4-16(19(27)23-17)25-20(28)14-3-1-2-13(18(14)21(25)29)11-24-9-7-15-12(10-24)6-8-22-15/h1-3,12,15-16,22H,4-11H2,(H,23,26,27)/t12-,15+,16?/m1/s1. The SMILES string of the molecule is O=C1CCC(N2C(=O)c3cccc(CN4CC[C@@H]5NCC[C@@H]5C4)c3C2=O)C(=O)N1. The van der Waals surface area contributed by atoms with Gasteiger partial charge in [0.2, 0.25) is 11.8 Å². The van der Waals surface area contributed by atoms with E-state index in [2.05, 4.69) is 15.5 Å². The molecular formula is C21H24N4O4. The van der Waals surface area contributed by atoms with Crippen molar-refractivity contribution in [1.82, 2.24) is 20.4 Å². The number of likely N-dealkylation sites (tertiary alicyclic amines) is 1. The van der Waals surface area contributed by atoms with Gasteiger partial charge < -0.3 is 5.32 Å². The van der Waals surface area contributed by atoms with Crippen molar-refractivity contribution < 1.29 is 19.2 Å². The van der Waals surface area contributed by atoms with E-state index in [9.17, 15) is 19.2 Å². The molecule has 3 atom stereocenters. The average molecular weight is 396 g/mol. The van der Waals surface area contributed by atoms with E-state index in [4.69, 9.17) is 0 Å². The van der Waals surface area contributed by atoms with Gasteiger partial charge in [-0.2, -0.15) is 0 Å². The molecule has 4 heterocycles. The van der Waals surface area contributed by atoms with Gasteiger partial charge in [-0.15, -0.1) is 0 Å². The summed E-state index contributed by atoms with van der Waals surface area (Å²) in [6, 6.07) is 5.03. The lowest BCUT2D eigenvalue weighted by Crippen LogP contribution is -2.54. The van der Waals surface area contributed by atoms with Gasteiger partial charge in [0.05, 0.1) is 11.1 Å². The number of hydrogen-bond donors (Lipinski definition) is 2. The first kappa shape index (κ1) is 18.4. The lowest BCUT2D eigenvalue weighted by atomic mass is 9.92. The predicted molar refractivity (Wildman–Crippen MR) is 103 cm³/mol. The third-order valence-corrected chi connectivity index (χ3v) is 6.69. The first-order chi connectivity index (χ1) is 14.0. The average Bonchev–Trinajstić information content (AvgIpc) is 3.26. The molecule has 1 aromatic rings. The Labute approximate surface area is 168 Å². The van der Waals surface area contributed by atoms with E-state index < -0.39 is 23.8 Å². The third kappa shape index (κ3) is 3.07. The number of rotatable bonds is 3. The Morgan fingerprint density at radius 2 is 1.90 bits per heavy atom. The van der Waals surface area contributed by atoms with Gasteiger partial charge in [0.15, 0.2) is 0 Å². The molecular weight excluding hydrogens is 372 g/mol. The van der Waals surface area contributed by atoms with Gasteiger partial charge in [0.1, 0.15) is 6.04 Å². The van der Waals surface area contributed by atoms with Crippen LogP contribution in [-0.4, -0.2) is 65.1 Å². The van der Waals surface area contributed by atoms with E-state index in [0.29, 0.717) is 29.6 Å². The Bertz CT molecular complexity index is 914. The fourth-order valence-corrected chi connectivity index (χ4v) is 5.22. The lowest BCUT2D eigenvalue weighted by molar-refractivity contribution is -0.136. The summed E-state index contributed by atoms with van der Waals surface area (Å²) in [6.07, 6.45) is 2.57. The molecule has 5 rings (SSSR count). The minimum absolute atomic E-state index is 0.126. The number of carbonyl (C=O) groups excluding carboxylic acids is 4. The number of amides is 4. The van der Waals surface area contributed by atoms with Crippen LogP contribution >= 0.6 is 0 Å². The molecule has 0 saturated carbocycles. The second kappa shape index (κ2) is 7.03. The molecule has 0 aromatic heterocycles. The number of benzene rings is 1. The van der Waals surface area contributed by atoms with Crippen molar-refractivity contribution in [3.8, 4) is 0 Å². The van der Waals surface area contributed by atoms with E-state index in [1.807, 2.05) is 6.07 Å². The zero-order valence-corrected chi connectivity index (χ0v) is 16.1. The predicted octanol–water partition coefficient (Wildman–Crippen LogP) is 0.272. The van der Waals surface area contributed by atoms with E-state index in [1.165, 1.54) is 6.42 Å². The molecule has 3 fully saturated rings. The fourth-order valence-electron chi connectivity index (χ4n) is 5.22. The number of carbonyl (C=O) groups is 4. The number of nitrogens with zero attached hydrogens (tertiary/aromatic N) is 2. The van der Waals surface area contributed by atoms with Crippen LogP contribution in [-0.2, 0) is 16.1 Å². The smallest absolute Gasteiger partial charge is 0.262 e. The van der Waals surface area contributed by atoms with Crippen LogP contribution in [0.1, 0.15) is 52.0 Å². The summed E-state index contributed by atoms with van der Waals surface area (Å²) >= 11 is 0. The summed E-state index contributed by atoms with van der Waals surface area (Å²) in [7, 11) is 0. The maximum atomic E-state index is 13.2. The van der Waals surface area contributed by atoms with Crippen LogP contribution in [0.5, 0.6) is 0 Å². The third-order valence-electron chi connectivity index (χ3n) is 6.69. The van der Waals surface area contributed by atoms with E-state index in [0.717, 1.165) is 36.5 Å². The quantitative estimate of drug-likeness (QED) is 0.712. The Morgan fingerprint density at radius 3 is 2.72 bits per heavy atom. The van der Waals surface area contributed by atoms with E-state index in [-0.39, 0.29) is 18.7 Å². The van der Waals surface area contributed by atoms with Gasteiger partial charge in [-0.3, -0.25) is 34.3 Å². The zero-order chi connectivity index (χ0) is 20.1. The Morgan fingerprint density at radius 1 is 1.03 bits per heavy atom. The van der Waals surface area contributed by atoms with Crippen LogP contribution in [0.2, 0.25) is 0 Å². The van der Waals surface area contributed by atoms with Gasteiger partial charge in [-0.05, 0) is 49.9 Å². The van der Waals surface area contributed by atoms with Crippen molar-refractivity contribution >= 4 is 23.6 Å². The molecule has 0 spiro atoms. The highest BCUT2D eigenvalue weighted by Gasteiger charge is 2.45. The van der Waals surface area contributed by atoms with Crippen LogP contribution in [0.15, 0.2) is 18.2 Å². The number of hydrogen-bond acceptors (Lipinski definition) is 6. The lowest BCUT2D eigenvalue weighted by Gasteiger charge is -2.35. The number of nitrogens with one attached hydrogen (secondary N) is 2. The number of imide groups is 2.